The standard InChI is InChI=1S/C18H27N3O3S/c1-4-19-18(25)21-11-14(13-7-5-6-8-16(13)24-3)15(12-21)17(22)20-9-10-23-2/h5-8,14-15H,4,9-12H2,1-3H3,(H,19,25)(H,20,22)/t14-,15-/m0/s1. The van der Waals surface area contributed by atoms with Gasteiger partial charge in [0, 0.05) is 39.2 Å². The van der Waals surface area contributed by atoms with E-state index in [0.717, 1.165) is 17.9 Å². The summed E-state index contributed by atoms with van der Waals surface area (Å²) in [6.45, 7) is 5.05. The number of carbonyl (C=O) groups excluding carboxylic acids is 1. The van der Waals surface area contributed by atoms with E-state index in [0.29, 0.717) is 31.4 Å². The van der Waals surface area contributed by atoms with Crippen LogP contribution in [0, 0.1) is 5.92 Å². The van der Waals surface area contributed by atoms with Crippen LogP contribution < -0.4 is 15.4 Å². The van der Waals surface area contributed by atoms with Crippen LogP contribution in [0.4, 0.5) is 0 Å². The van der Waals surface area contributed by atoms with Crippen molar-refractivity contribution in [1.82, 2.24) is 15.5 Å². The first-order valence-electron chi connectivity index (χ1n) is 8.54. The zero-order valence-electron chi connectivity index (χ0n) is 15.1. The molecule has 25 heavy (non-hydrogen) atoms. The summed E-state index contributed by atoms with van der Waals surface area (Å²) in [5.74, 6) is 0.660. The van der Waals surface area contributed by atoms with Crippen LogP contribution in [0.5, 0.6) is 5.75 Å². The number of hydrogen-bond acceptors (Lipinski definition) is 4. The molecule has 0 radical (unpaired) electrons. The maximum absolute atomic E-state index is 12.7. The average molecular weight is 365 g/mol. The summed E-state index contributed by atoms with van der Waals surface area (Å²) in [6.07, 6.45) is 0. The molecule has 0 unspecified atom stereocenters. The zero-order chi connectivity index (χ0) is 18.2. The molecule has 6 nitrogen and oxygen atoms in total. The number of ether oxygens (including phenoxy) is 2. The molecule has 2 rings (SSSR count). The summed E-state index contributed by atoms with van der Waals surface area (Å²) < 4.78 is 10.5. The summed E-state index contributed by atoms with van der Waals surface area (Å²) in [4.78, 5) is 14.8. The smallest absolute Gasteiger partial charge is 0.225 e. The fourth-order valence-electron chi connectivity index (χ4n) is 3.19. The molecule has 0 bridgehead atoms. The Morgan fingerprint density at radius 3 is 2.72 bits per heavy atom. The minimum atomic E-state index is -0.190. The molecule has 1 aliphatic heterocycles. The molecule has 1 saturated heterocycles. The second-order valence-electron chi connectivity index (χ2n) is 5.98. The molecule has 1 aromatic rings. The summed E-state index contributed by atoms with van der Waals surface area (Å²) in [6, 6.07) is 7.87. The molecular weight excluding hydrogens is 338 g/mol. The normalized spacial score (nSPS) is 19.6. The Hall–Kier alpha value is -1.86. The highest BCUT2D eigenvalue weighted by Gasteiger charge is 2.40. The summed E-state index contributed by atoms with van der Waals surface area (Å²) in [5.41, 5.74) is 1.04. The summed E-state index contributed by atoms with van der Waals surface area (Å²) in [5, 5.41) is 6.82. The first-order valence-corrected chi connectivity index (χ1v) is 8.95. The first kappa shape index (κ1) is 19.5. The van der Waals surface area contributed by atoms with E-state index in [-0.39, 0.29) is 17.7 Å². The predicted octanol–water partition coefficient (Wildman–Crippen LogP) is 1.37. The van der Waals surface area contributed by atoms with Crippen LogP contribution in [0.3, 0.4) is 0 Å². The molecule has 0 spiro atoms. The van der Waals surface area contributed by atoms with Gasteiger partial charge in [-0.1, -0.05) is 18.2 Å². The lowest BCUT2D eigenvalue weighted by Crippen LogP contribution is -2.40. The lowest BCUT2D eigenvalue weighted by atomic mass is 9.87. The Morgan fingerprint density at radius 1 is 1.28 bits per heavy atom. The molecule has 1 aromatic carbocycles. The van der Waals surface area contributed by atoms with Gasteiger partial charge in [0.05, 0.1) is 19.6 Å². The maximum atomic E-state index is 12.7. The van der Waals surface area contributed by atoms with E-state index in [9.17, 15) is 4.79 Å². The van der Waals surface area contributed by atoms with Gasteiger partial charge in [-0.3, -0.25) is 4.79 Å². The van der Waals surface area contributed by atoms with Crippen LogP contribution in [-0.4, -0.2) is 62.9 Å². The number of nitrogens with one attached hydrogen (secondary N) is 2. The maximum Gasteiger partial charge on any atom is 0.225 e. The highest BCUT2D eigenvalue weighted by molar-refractivity contribution is 7.80. The van der Waals surface area contributed by atoms with Crippen molar-refractivity contribution in [2.24, 2.45) is 5.92 Å². The van der Waals surface area contributed by atoms with Gasteiger partial charge >= 0.3 is 0 Å². The van der Waals surface area contributed by atoms with Crippen LogP contribution in [0.1, 0.15) is 18.4 Å². The molecule has 0 aliphatic carbocycles. The van der Waals surface area contributed by atoms with E-state index < -0.39 is 0 Å². The minimum Gasteiger partial charge on any atom is -0.496 e. The molecule has 0 aromatic heterocycles. The van der Waals surface area contributed by atoms with Crippen molar-refractivity contribution in [3.05, 3.63) is 29.8 Å². The Balaban J connectivity index is 2.22. The van der Waals surface area contributed by atoms with Crippen LogP contribution in [0.15, 0.2) is 24.3 Å². The lowest BCUT2D eigenvalue weighted by Gasteiger charge is -2.20. The number of hydrogen-bond donors (Lipinski definition) is 2. The van der Waals surface area contributed by atoms with Crippen LogP contribution in [0.2, 0.25) is 0 Å². The Kier molecular flexibility index (Phi) is 7.46. The first-order chi connectivity index (χ1) is 12.1. The van der Waals surface area contributed by atoms with Gasteiger partial charge < -0.3 is 25.0 Å². The van der Waals surface area contributed by atoms with Crippen molar-refractivity contribution in [2.45, 2.75) is 12.8 Å². The number of amides is 1. The topological polar surface area (TPSA) is 62.8 Å². The number of likely N-dealkylation sites (tertiary alicyclic amines) is 1. The van der Waals surface area contributed by atoms with E-state index in [2.05, 4.69) is 15.5 Å². The SMILES string of the molecule is CCNC(=S)N1C[C@H](C(=O)NCCOC)[C@H](c2ccccc2OC)C1. The molecule has 2 atom stereocenters. The second-order valence-corrected chi connectivity index (χ2v) is 6.37. The number of carbonyl (C=O) groups is 1. The molecular formula is C18H27N3O3S. The van der Waals surface area contributed by atoms with Gasteiger partial charge in [0.25, 0.3) is 0 Å². The molecule has 1 aliphatic rings. The average Bonchev–Trinajstić information content (AvgIpc) is 3.07. The highest BCUT2D eigenvalue weighted by atomic mass is 32.1. The Bertz CT molecular complexity index is 597. The molecule has 1 amide bonds. The third kappa shape index (κ3) is 4.83. The molecule has 2 N–H and O–H groups in total. The fourth-order valence-corrected chi connectivity index (χ4v) is 3.49. The van der Waals surface area contributed by atoms with Crippen molar-refractivity contribution < 1.29 is 14.3 Å². The van der Waals surface area contributed by atoms with Crippen LogP contribution >= 0.6 is 12.2 Å². The van der Waals surface area contributed by atoms with Crippen molar-refractivity contribution >= 4 is 23.2 Å². The van der Waals surface area contributed by atoms with E-state index in [1.54, 1.807) is 14.2 Å². The Morgan fingerprint density at radius 2 is 2.04 bits per heavy atom. The third-order valence-electron chi connectivity index (χ3n) is 4.42. The van der Waals surface area contributed by atoms with E-state index >= 15 is 0 Å². The zero-order valence-corrected chi connectivity index (χ0v) is 15.9. The van der Waals surface area contributed by atoms with Crippen molar-refractivity contribution in [1.29, 1.82) is 0 Å². The van der Waals surface area contributed by atoms with Crippen molar-refractivity contribution in [3.63, 3.8) is 0 Å². The van der Waals surface area contributed by atoms with Gasteiger partial charge in [0.2, 0.25) is 5.91 Å². The van der Waals surface area contributed by atoms with Gasteiger partial charge in [-0.05, 0) is 30.8 Å². The van der Waals surface area contributed by atoms with Gasteiger partial charge in [-0.15, -0.1) is 0 Å². The van der Waals surface area contributed by atoms with E-state index in [1.165, 1.54) is 0 Å². The van der Waals surface area contributed by atoms with Gasteiger partial charge in [-0.25, -0.2) is 0 Å². The Labute approximate surface area is 154 Å². The van der Waals surface area contributed by atoms with Crippen molar-refractivity contribution in [3.8, 4) is 5.75 Å². The molecule has 138 valence electrons. The lowest BCUT2D eigenvalue weighted by molar-refractivity contribution is -0.125. The van der Waals surface area contributed by atoms with Gasteiger partial charge in [-0.2, -0.15) is 0 Å². The summed E-state index contributed by atoms with van der Waals surface area (Å²) in [7, 11) is 3.28. The van der Waals surface area contributed by atoms with Crippen LogP contribution in [0.25, 0.3) is 0 Å². The fraction of sp³-hybridized carbons (Fsp3) is 0.556. The van der Waals surface area contributed by atoms with Gasteiger partial charge in [0.15, 0.2) is 5.11 Å². The molecule has 7 heteroatoms. The largest absolute Gasteiger partial charge is 0.496 e. The highest BCUT2D eigenvalue weighted by Crippen LogP contribution is 2.37. The molecule has 1 heterocycles. The third-order valence-corrected chi connectivity index (χ3v) is 4.82. The number of rotatable bonds is 7. The number of benzene rings is 1. The van der Waals surface area contributed by atoms with Crippen molar-refractivity contribution in [2.75, 3.05) is 47.0 Å². The van der Waals surface area contributed by atoms with Crippen LogP contribution in [-0.2, 0) is 9.53 Å². The predicted molar refractivity (Wildman–Crippen MR) is 102 cm³/mol. The number of para-hydroxylation sites is 1. The van der Waals surface area contributed by atoms with E-state index in [4.69, 9.17) is 21.7 Å². The second kappa shape index (κ2) is 9.58. The quantitative estimate of drug-likeness (QED) is 0.562. The minimum absolute atomic E-state index is 0.0229. The molecule has 1 fully saturated rings. The number of thiocarbonyl (C=S) groups is 1. The van der Waals surface area contributed by atoms with E-state index in [1.807, 2.05) is 31.2 Å². The number of nitrogens with zero attached hydrogens (tertiary/aromatic N) is 1. The number of methoxy groups -OCH3 is 2. The van der Waals surface area contributed by atoms with Gasteiger partial charge in [0.1, 0.15) is 5.75 Å². The summed E-state index contributed by atoms with van der Waals surface area (Å²) >= 11 is 5.45. The molecule has 0 saturated carbocycles. The monoisotopic (exact) mass is 365 g/mol.